The molecular formula is C13H25N. The van der Waals surface area contributed by atoms with Gasteiger partial charge in [0.15, 0.2) is 0 Å². The summed E-state index contributed by atoms with van der Waals surface area (Å²) >= 11 is 0. The lowest BCUT2D eigenvalue weighted by Crippen LogP contribution is -2.06. The van der Waals surface area contributed by atoms with Gasteiger partial charge in [-0.15, -0.1) is 0 Å². The summed E-state index contributed by atoms with van der Waals surface area (Å²) < 4.78 is 0. The summed E-state index contributed by atoms with van der Waals surface area (Å²) in [6.45, 7) is 7.74. The highest BCUT2D eigenvalue weighted by Gasteiger charge is 1.90. The molecule has 0 spiro atoms. The number of hydrogen-bond acceptors (Lipinski definition) is 1. The average Bonchev–Trinajstić information content (AvgIpc) is 2.21. The smallest absolute Gasteiger partial charge is 0.00518 e. The molecule has 0 aromatic rings. The van der Waals surface area contributed by atoms with Gasteiger partial charge in [0.25, 0.3) is 0 Å². The molecule has 0 aromatic carbocycles. The summed E-state index contributed by atoms with van der Waals surface area (Å²) in [6, 6.07) is 0. The van der Waals surface area contributed by atoms with Crippen LogP contribution in [0.1, 0.15) is 46.5 Å². The number of hydrogen-bond donors (Lipinski definition) is 1. The first-order chi connectivity index (χ1) is 6.70. The van der Waals surface area contributed by atoms with Gasteiger partial charge in [-0.25, -0.2) is 0 Å². The van der Waals surface area contributed by atoms with E-state index in [2.05, 4.69) is 38.2 Å². The molecule has 0 aromatic heterocycles. The van der Waals surface area contributed by atoms with Gasteiger partial charge < -0.3 is 5.32 Å². The summed E-state index contributed by atoms with van der Waals surface area (Å²) in [7, 11) is 2.01. The highest BCUT2D eigenvalue weighted by molar-refractivity contribution is 5.15. The zero-order chi connectivity index (χ0) is 10.8. The Morgan fingerprint density at radius 2 is 1.71 bits per heavy atom. The van der Waals surface area contributed by atoms with E-state index in [9.17, 15) is 0 Å². The Bertz CT molecular complexity index is 189. The predicted octanol–water partition coefficient (Wildman–Crippen LogP) is 3.68. The Hall–Kier alpha value is -0.560. The fourth-order valence-corrected chi connectivity index (χ4v) is 1.19. The van der Waals surface area contributed by atoms with E-state index in [4.69, 9.17) is 0 Å². The fourth-order valence-electron chi connectivity index (χ4n) is 1.19. The van der Waals surface area contributed by atoms with Crippen molar-refractivity contribution in [3.05, 3.63) is 23.3 Å². The van der Waals surface area contributed by atoms with Crippen LogP contribution < -0.4 is 5.32 Å². The average molecular weight is 195 g/mol. The van der Waals surface area contributed by atoms with Crippen LogP contribution >= 0.6 is 0 Å². The van der Waals surface area contributed by atoms with Crippen LogP contribution in [0.3, 0.4) is 0 Å². The maximum absolute atomic E-state index is 3.17. The maximum Gasteiger partial charge on any atom is -0.00518 e. The first-order valence-electron chi connectivity index (χ1n) is 5.68. The van der Waals surface area contributed by atoms with E-state index in [1.807, 2.05) is 7.05 Å². The molecule has 1 nitrogen and oxygen atoms in total. The molecule has 0 heterocycles. The number of nitrogens with one attached hydrogen (secondary N) is 1. The molecule has 0 saturated carbocycles. The molecule has 82 valence electrons. The molecule has 0 unspecified atom stereocenters. The lowest BCUT2D eigenvalue weighted by atomic mass is 10.1. The van der Waals surface area contributed by atoms with Crippen molar-refractivity contribution < 1.29 is 0 Å². The van der Waals surface area contributed by atoms with E-state index < -0.39 is 0 Å². The van der Waals surface area contributed by atoms with Gasteiger partial charge in [-0.1, -0.05) is 30.2 Å². The van der Waals surface area contributed by atoms with Gasteiger partial charge in [0.2, 0.25) is 0 Å². The monoisotopic (exact) mass is 195 g/mol. The van der Waals surface area contributed by atoms with Gasteiger partial charge in [0.05, 0.1) is 0 Å². The fraction of sp³-hybridized carbons (Fsp3) is 0.692. The first kappa shape index (κ1) is 13.4. The summed E-state index contributed by atoms with van der Waals surface area (Å²) in [6.07, 6.45) is 9.46. The maximum atomic E-state index is 3.17. The van der Waals surface area contributed by atoms with Crippen LogP contribution in [0.2, 0.25) is 0 Å². The van der Waals surface area contributed by atoms with E-state index in [0.717, 1.165) is 13.0 Å². The van der Waals surface area contributed by atoms with Crippen molar-refractivity contribution in [2.75, 3.05) is 13.6 Å². The van der Waals surface area contributed by atoms with Gasteiger partial charge in [-0.2, -0.15) is 0 Å². The highest BCUT2D eigenvalue weighted by Crippen LogP contribution is 2.07. The molecule has 1 N–H and O–H groups in total. The van der Waals surface area contributed by atoms with Gasteiger partial charge in [-0.3, -0.25) is 0 Å². The summed E-state index contributed by atoms with van der Waals surface area (Å²) in [4.78, 5) is 0. The van der Waals surface area contributed by atoms with Gasteiger partial charge >= 0.3 is 0 Å². The van der Waals surface area contributed by atoms with Crippen molar-refractivity contribution in [1.29, 1.82) is 0 Å². The quantitative estimate of drug-likeness (QED) is 0.482. The van der Waals surface area contributed by atoms with Crippen LogP contribution in [-0.2, 0) is 0 Å². The van der Waals surface area contributed by atoms with Crippen LogP contribution in [0.4, 0.5) is 0 Å². The minimum atomic E-state index is 1.14. The number of allylic oxidation sites excluding steroid dienone is 4. The molecule has 14 heavy (non-hydrogen) atoms. The Morgan fingerprint density at radius 3 is 2.29 bits per heavy atom. The largest absolute Gasteiger partial charge is 0.320 e. The Kier molecular flexibility index (Phi) is 8.65. The third-order valence-corrected chi connectivity index (χ3v) is 2.46. The van der Waals surface area contributed by atoms with E-state index in [-0.39, 0.29) is 0 Å². The standard InChI is InChI=1S/C13H25N/c1-5-12(2)9-10-13(3)8-6-7-11-14-4/h9-10,14H,5-8,11H2,1-4H3/b12-9+,13-10+. The molecule has 0 atom stereocenters. The predicted molar refractivity (Wildman–Crippen MR) is 65.6 cm³/mol. The molecule has 0 radical (unpaired) electrons. The van der Waals surface area contributed by atoms with Gasteiger partial charge in [-0.05, 0) is 53.1 Å². The Labute approximate surface area is 89.3 Å². The Morgan fingerprint density at radius 1 is 1.07 bits per heavy atom. The molecule has 0 rings (SSSR count). The molecule has 0 aliphatic carbocycles. The normalized spacial score (nSPS) is 13.4. The van der Waals surface area contributed by atoms with Crippen LogP contribution in [0, 0.1) is 0 Å². The van der Waals surface area contributed by atoms with Crippen LogP contribution in [-0.4, -0.2) is 13.6 Å². The molecule has 1 heteroatoms. The number of rotatable bonds is 7. The van der Waals surface area contributed by atoms with E-state index in [1.165, 1.54) is 30.4 Å². The van der Waals surface area contributed by atoms with E-state index >= 15 is 0 Å². The highest BCUT2D eigenvalue weighted by atomic mass is 14.8. The van der Waals surface area contributed by atoms with Crippen molar-refractivity contribution in [3.8, 4) is 0 Å². The van der Waals surface area contributed by atoms with Gasteiger partial charge in [0, 0.05) is 0 Å². The van der Waals surface area contributed by atoms with Crippen LogP contribution in [0.15, 0.2) is 23.3 Å². The molecule has 0 amide bonds. The zero-order valence-corrected chi connectivity index (χ0v) is 10.2. The molecule has 0 aliphatic heterocycles. The Balaban J connectivity index is 3.67. The molecular weight excluding hydrogens is 170 g/mol. The van der Waals surface area contributed by atoms with Crippen molar-refractivity contribution >= 4 is 0 Å². The summed E-state index contributed by atoms with van der Waals surface area (Å²) in [5.41, 5.74) is 2.95. The molecule has 0 aliphatic rings. The second-order valence-corrected chi connectivity index (χ2v) is 3.94. The first-order valence-corrected chi connectivity index (χ1v) is 5.68. The van der Waals surface area contributed by atoms with E-state index in [1.54, 1.807) is 0 Å². The van der Waals surface area contributed by atoms with Crippen molar-refractivity contribution in [3.63, 3.8) is 0 Å². The van der Waals surface area contributed by atoms with Crippen LogP contribution in [0.25, 0.3) is 0 Å². The minimum Gasteiger partial charge on any atom is -0.320 e. The molecule has 0 saturated heterocycles. The number of unbranched alkanes of at least 4 members (excludes halogenated alkanes) is 1. The topological polar surface area (TPSA) is 12.0 Å². The zero-order valence-electron chi connectivity index (χ0n) is 10.2. The van der Waals surface area contributed by atoms with Gasteiger partial charge in [0.1, 0.15) is 0 Å². The lowest BCUT2D eigenvalue weighted by molar-refractivity contribution is 0.674. The second kappa shape index (κ2) is 9.01. The lowest BCUT2D eigenvalue weighted by Gasteiger charge is -2.00. The SMILES string of the molecule is CC/C(C)=C/C=C(\C)CCCCNC. The van der Waals surface area contributed by atoms with Crippen LogP contribution in [0.5, 0.6) is 0 Å². The van der Waals surface area contributed by atoms with Crippen molar-refractivity contribution in [1.82, 2.24) is 5.32 Å². The third kappa shape index (κ3) is 8.06. The van der Waals surface area contributed by atoms with E-state index in [0.29, 0.717) is 0 Å². The third-order valence-electron chi connectivity index (χ3n) is 2.46. The summed E-state index contributed by atoms with van der Waals surface area (Å²) in [5, 5.41) is 3.17. The summed E-state index contributed by atoms with van der Waals surface area (Å²) in [5.74, 6) is 0. The minimum absolute atomic E-state index is 1.14. The van der Waals surface area contributed by atoms with Crippen molar-refractivity contribution in [2.24, 2.45) is 0 Å². The second-order valence-electron chi connectivity index (χ2n) is 3.94. The van der Waals surface area contributed by atoms with Crippen molar-refractivity contribution in [2.45, 2.75) is 46.5 Å². The molecule has 0 bridgehead atoms. The molecule has 0 fully saturated rings.